The number of oxazole rings is 1. The number of nitrogens with zero attached hydrogens (tertiary/aromatic N) is 5. The maximum Gasteiger partial charge on any atom is 0.208 e. The molecule has 0 unspecified atom stereocenters. The fraction of sp³-hybridized carbons (Fsp3) is 0.650. The van der Waals surface area contributed by atoms with Crippen LogP contribution in [0.25, 0.3) is 0 Å². The maximum atomic E-state index is 5.95. The van der Waals surface area contributed by atoms with Gasteiger partial charge >= 0.3 is 0 Å². The summed E-state index contributed by atoms with van der Waals surface area (Å²) in [7, 11) is 0. The summed E-state index contributed by atoms with van der Waals surface area (Å²) >= 11 is 0. The SMILES string of the molecule is Cc1cc(N(C2CC2)C2CCN(Cc3nc4c(o3)CCC4)CC2)ncn1. The first kappa shape index (κ1) is 16.2. The summed E-state index contributed by atoms with van der Waals surface area (Å²) in [6, 6.07) is 3.40. The van der Waals surface area contributed by atoms with Gasteiger partial charge in [-0.2, -0.15) is 0 Å². The van der Waals surface area contributed by atoms with E-state index in [1.165, 1.54) is 37.8 Å². The van der Waals surface area contributed by atoms with Crippen LogP contribution >= 0.6 is 0 Å². The number of aromatic nitrogens is 3. The topological polar surface area (TPSA) is 58.3 Å². The lowest BCUT2D eigenvalue weighted by atomic mass is 10.0. The van der Waals surface area contributed by atoms with Gasteiger partial charge in [0, 0.05) is 43.4 Å². The molecule has 2 aromatic heterocycles. The second-order valence-corrected chi connectivity index (χ2v) is 7.99. The first-order valence-electron chi connectivity index (χ1n) is 10.0. The Labute approximate surface area is 154 Å². The molecule has 6 heteroatoms. The van der Waals surface area contributed by atoms with E-state index in [1.54, 1.807) is 6.33 Å². The molecule has 0 N–H and O–H groups in total. The Morgan fingerprint density at radius 1 is 1.12 bits per heavy atom. The van der Waals surface area contributed by atoms with Gasteiger partial charge in [0.15, 0.2) is 0 Å². The average molecular weight is 353 g/mol. The average Bonchev–Trinajstić information content (AvgIpc) is 3.24. The highest BCUT2D eigenvalue weighted by Crippen LogP contribution is 2.35. The molecule has 0 spiro atoms. The first-order valence-corrected chi connectivity index (χ1v) is 10.0. The molecule has 2 aliphatic carbocycles. The van der Waals surface area contributed by atoms with E-state index in [-0.39, 0.29) is 0 Å². The first-order chi connectivity index (χ1) is 12.8. The quantitative estimate of drug-likeness (QED) is 0.824. The zero-order chi connectivity index (χ0) is 17.5. The third kappa shape index (κ3) is 3.22. The molecule has 1 aliphatic heterocycles. The molecule has 138 valence electrons. The summed E-state index contributed by atoms with van der Waals surface area (Å²) in [5.74, 6) is 3.16. The van der Waals surface area contributed by atoms with Crippen LogP contribution in [-0.2, 0) is 19.4 Å². The van der Waals surface area contributed by atoms with Gasteiger partial charge in [0.1, 0.15) is 17.9 Å². The van der Waals surface area contributed by atoms with E-state index >= 15 is 0 Å². The summed E-state index contributed by atoms with van der Waals surface area (Å²) < 4.78 is 5.95. The van der Waals surface area contributed by atoms with Crippen LogP contribution in [0, 0.1) is 6.92 Å². The largest absolute Gasteiger partial charge is 0.444 e. The number of likely N-dealkylation sites (tertiary alicyclic amines) is 1. The third-order valence-corrected chi connectivity index (χ3v) is 5.94. The van der Waals surface area contributed by atoms with E-state index in [1.807, 2.05) is 6.92 Å². The van der Waals surface area contributed by atoms with Crippen LogP contribution in [0.2, 0.25) is 0 Å². The van der Waals surface area contributed by atoms with E-state index in [2.05, 4.69) is 25.8 Å². The Morgan fingerprint density at radius 3 is 2.65 bits per heavy atom. The van der Waals surface area contributed by atoms with Crippen LogP contribution in [-0.4, -0.2) is 45.0 Å². The molecule has 0 atom stereocenters. The van der Waals surface area contributed by atoms with E-state index in [9.17, 15) is 0 Å². The van der Waals surface area contributed by atoms with Crippen molar-refractivity contribution >= 4 is 5.82 Å². The standard InChI is InChI=1S/C20H27N5O/c1-14-11-19(22-13-21-14)25(15-5-6-15)16-7-9-24(10-8-16)12-20-23-17-3-2-4-18(17)26-20/h11,13,15-16H,2-10,12H2,1H3. The van der Waals surface area contributed by atoms with Gasteiger partial charge in [-0.05, 0) is 45.4 Å². The molecule has 0 radical (unpaired) electrons. The summed E-state index contributed by atoms with van der Waals surface area (Å²) in [5.41, 5.74) is 2.25. The van der Waals surface area contributed by atoms with E-state index in [0.29, 0.717) is 12.1 Å². The highest BCUT2D eigenvalue weighted by Gasteiger charge is 2.36. The Balaban J connectivity index is 1.22. The molecule has 0 aromatic carbocycles. The molecular formula is C20H27N5O. The van der Waals surface area contributed by atoms with Gasteiger partial charge in [-0.3, -0.25) is 4.90 Å². The molecule has 0 bridgehead atoms. The minimum absolute atomic E-state index is 0.586. The molecule has 0 amide bonds. The van der Waals surface area contributed by atoms with E-state index < -0.39 is 0 Å². The zero-order valence-electron chi connectivity index (χ0n) is 15.5. The normalized spacial score (nSPS) is 21.1. The van der Waals surface area contributed by atoms with Crippen molar-refractivity contribution in [2.45, 2.75) is 70.5 Å². The molecule has 26 heavy (non-hydrogen) atoms. The highest BCUT2D eigenvalue weighted by atomic mass is 16.4. The van der Waals surface area contributed by atoms with Crippen molar-refractivity contribution in [3.63, 3.8) is 0 Å². The van der Waals surface area contributed by atoms with Crippen molar-refractivity contribution in [1.82, 2.24) is 19.9 Å². The second kappa shape index (κ2) is 6.65. The van der Waals surface area contributed by atoms with Gasteiger partial charge in [0.25, 0.3) is 0 Å². The van der Waals surface area contributed by atoms with Gasteiger partial charge in [-0.15, -0.1) is 0 Å². The fourth-order valence-electron chi connectivity index (χ4n) is 4.47. The van der Waals surface area contributed by atoms with Crippen molar-refractivity contribution in [3.05, 3.63) is 35.4 Å². The predicted molar refractivity (Wildman–Crippen MR) is 99.1 cm³/mol. The van der Waals surface area contributed by atoms with Crippen LogP contribution in [0.5, 0.6) is 0 Å². The van der Waals surface area contributed by atoms with Crippen molar-refractivity contribution in [3.8, 4) is 0 Å². The lowest BCUT2D eigenvalue weighted by Gasteiger charge is -2.39. The van der Waals surface area contributed by atoms with E-state index in [4.69, 9.17) is 9.40 Å². The summed E-state index contributed by atoms with van der Waals surface area (Å²) in [6.45, 7) is 5.11. The number of rotatable bonds is 5. The van der Waals surface area contributed by atoms with Gasteiger partial charge in [0.2, 0.25) is 5.89 Å². The minimum Gasteiger partial charge on any atom is -0.444 e. The van der Waals surface area contributed by atoms with E-state index in [0.717, 1.165) is 55.6 Å². The third-order valence-electron chi connectivity index (χ3n) is 5.94. The highest BCUT2D eigenvalue weighted by molar-refractivity contribution is 5.43. The number of piperidine rings is 1. The van der Waals surface area contributed by atoms with Crippen LogP contribution < -0.4 is 4.90 Å². The molecule has 3 aliphatic rings. The zero-order valence-corrected chi connectivity index (χ0v) is 15.5. The van der Waals surface area contributed by atoms with Crippen LogP contribution in [0.3, 0.4) is 0 Å². The fourth-order valence-corrected chi connectivity index (χ4v) is 4.47. The van der Waals surface area contributed by atoms with Gasteiger partial charge in [-0.1, -0.05) is 0 Å². The summed E-state index contributed by atoms with van der Waals surface area (Å²) in [6.07, 6.45) is 10.0. The van der Waals surface area contributed by atoms with Gasteiger partial charge < -0.3 is 9.32 Å². The minimum atomic E-state index is 0.586. The molecule has 6 nitrogen and oxygen atoms in total. The maximum absolute atomic E-state index is 5.95. The predicted octanol–water partition coefficient (Wildman–Crippen LogP) is 2.90. The molecule has 2 fully saturated rings. The smallest absolute Gasteiger partial charge is 0.208 e. The number of fused-ring (bicyclic) bond motifs is 1. The summed E-state index contributed by atoms with van der Waals surface area (Å²) in [4.78, 5) is 18.6. The molecular weight excluding hydrogens is 326 g/mol. The number of anilines is 1. The molecule has 2 aromatic rings. The Morgan fingerprint density at radius 2 is 1.92 bits per heavy atom. The monoisotopic (exact) mass is 353 g/mol. The van der Waals surface area contributed by atoms with Crippen molar-refractivity contribution < 1.29 is 4.42 Å². The van der Waals surface area contributed by atoms with Crippen molar-refractivity contribution in [1.29, 1.82) is 0 Å². The molecule has 1 saturated carbocycles. The van der Waals surface area contributed by atoms with Gasteiger partial charge in [0.05, 0.1) is 12.2 Å². The number of hydrogen-bond donors (Lipinski definition) is 0. The Kier molecular flexibility index (Phi) is 4.15. The summed E-state index contributed by atoms with van der Waals surface area (Å²) in [5, 5.41) is 0. The molecule has 5 rings (SSSR count). The van der Waals surface area contributed by atoms with Crippen LogP contribution in [0.15, 0.2) is 16.8 Å². The lowest BCUT2D eigenvalue weighted by Crippen LogP contribution is -2.46. The molecule has 1 saturated heterocycles. The Bertz CT molecular complexity index is 755. The lowest BCUT2D eigenvalue weighted by molar-refractivity contribution is 0.183. The van der Waals surface area contributed by atoms with Crippen LogP contribution in [0.4, 0.5) is 5.82 Å². The van der Waals surface area contributed by atoms with Gasteiger partial charge in [-0.25, -0.2) is 15.0 Å². The molecule has 3 heterocycles. The van der Waals surface area contributed by atoms with Crippen molar-refractivity contribution in [2.75, 3.05) is 18.0 Å². The number of hydrogen-bond acceptors (Lipinski definition) is 6. The van der Waals surface area contributed by atoms with Crippen LogP contribution in [0.1, 0.15) is 55.1 Å². The number of aryl methyl sites for hydroxylation is 3. The Hall–Kier alpha value is -1.95. The van der Waals surface area contributed by atoms with Crippen molar-refractivity contribution in [2.24, 2.45) is 0 Å². The second-order valence-electron chi connectivity index (χ2n) is 7.99.